The van der Waals surface area contributed by atoms with Crippen LogP contribution in [0.2, 0.25) is 0 Å². The molecule has 1 aliphatic heterocycles. The number of likely N-dealkylation sites (tertiary alicyclic amines) is 1. The largest absolute Gasteiger partial charge is 0.465 e. The van der Waals surface area contributed by atoms with Crippen LogP contribution in [0.1, 0.15) is 45.3 Å². The quantitative estimate of drug-likeness (QED) is 0.260. The Kier molecular flexibility index (Phi) is 11.6. The van der Waals surface area contributed by atoms with Crippen LogP contribution in [0.3, 0.4) is 0 Å². The van der Waals surface area contributed by atoms with Crippen molar-refractivity contribution in [3.8, 4) is 0 Å². The number of carbonyl (C=O) groups is 3. The van der Waals surface area contributed by atoms with Crippen LogP contribution in [0.5, 0.6) is 0 Å². The Morgan fingerprint density at radius 1 is 1.15 bits per heavy atom. The molecule has 0 aromatic carbocycles. The lowest BCUT2D eigenvalue weighted by molar-refractivity contribution is -0.123. The van der Waals surface area contributed by atoms with E-state index in [0.29, 0.717) is 75.4 Å². The summed E-state index contributed by atoms with van der Waals surface area (Å²) >= 11 is 3.01. The van der Waals surface area contributed by atoms with Crippen LogP contribution in [0.25, 0.3) is 0 Å². The number of hydrogen-bond acceptors (Lipinski definition) is 10. The van der Waals surface area contributed by atoms with E-state index in [9.17, 15) is 14.4 Å². The number of rotatable bonds is 13. The van der Waals surface area contributed by atoms with E-state index in [1.165, 1.54) is 11.3 Å². The van der Waals surface area contributed by atoms with Gasteiger partial charge in [-0.3, -0.25) is 14.5 Å². The Bertz CT molecular complexity index is 1090. The molecule has 1 saturated heterocycles. The van der Waals surface area contributed by atoms with Crippen molar-refractivity contribution in [3.63, 3.8) is 0 Å². The van der Waals surface area contributed by atoms with Crippen molar-refractivity contribution >= 4 is 46.1 Å². The number of anilines is 1. The number of amides is 3. The molecule has 0 saturated carbocycles. The first-order valence-electron chi connectivity index (χ1n) is 13.0. The zero-order valence-electron chi connectivity index (χ0n) is 23.0. The molecule has 0 atom stereocenters. The lowest BCUT2D eigenvalue weighted by atomic mass is 9.94. The van der Waals surface area contributed by atoms with Crippen LogP contribution in [0.15, 0.2) is 21.0 Å². The minimum Gasteiger partial charge on any atom is -0.465 e. The van der Waals surface area contributed by atoms with E-state index in [0.717, 1.165) is 9.97 Å². The fraction of sp³-hybridized carbons (Fsp3) is 0.640. The number of thiazole rings is 1. The fourth-order valence-corrected chi connectivity index (χ4v) is 5.64. The molecule has 0 spiro atoms. The smallest absolute Gasteiger partial charge is 0.404 e. The van der Waals surface area contributed by atoms with Crippen LogP contribution < -0.4 is 16.0 Å². The van der Waals surface area contributed by atoms with Crippen LogP contribution in [-0.2, 0) is 20.8 Å². The second-order valence-electron chi connectivity index (χ2n) is 10.6. The summed E-state index contributed by atoms with van der Waals surface area (Å²) in [6.45, 7) is 9.94. The lowest BCUT2D eigenvalue weighted by Crippen LogP contribution is -2.44. The minimum absolute atomic E-state index is 0.0343. The standard InChI is InChI=1S/C25H39N7O5S2/c1-25(2,3)18-13-28-20(37-18)16-38-21-14-29-23(39-21)30-22(34)17-5-9-32(10-6-17)15-19(33)26-7-11-31(4)12-8-27-24(35)36/h13-14,17,27H,5-12,15-16H2,1-4H3,(H,26,33)(H,35,36)(H,29,30,34). The second kappa shape index (κ2) is 14.6. The Balaban J connectivity index is 1.31. The SMILES string of the molecule is CN(CCNC(=O)O)CCNC(=O)CN1CCC(C(=O)Nc2ncc(SCc3ncc(C(C)(C)C)o3)s2)CC1. The predicted octanol–water partition coefficient (Wildman–Crippen LogP) is 2.69. The Morgan fingerprint density at radius 3 is 2.49 bits per heavy atom. The number of nitrogens with zero attached hydrogens (tertiary/aromatic N) is 4. The van der Waals surface area contributed by atoms with Crippen molar-refractivity contribution in [2.75, 3.05) is 58.2 Å². The molecule has 1 aliphatic rings. The normalized spacial score (nSPS) is 14.9. The zero-order chi connectivity index (χ0) is 28.4. The molecular weight excluding hydrogens is 542 g/mol. The van der Waals surface area contributed by atoms with E-state index >= 15 is 0 Å². The van der Waals surface area contributed by atoms with Gasteiger partial charge in [-0.1, -0.05) is 32.1 Å². The van der Waals surface area contributed by atoms with Crippen molar-refractivity contribution < 1.29 is 23.9 Å². The Morgan fingerprint density at radius 2 is 1.85 bits per heavy atom. The van der Waals surface area contributed by atoms with Crippen LogP contribution in [0, 0.1) is 5.92 Å². The molecule has 2 aromatic heterocycles. The summed E-state index contributed by atoms with van der Waals surface area (Å²) in [4.78, 5) is 48.3. The maximum atomic E-state index is 12.8. The fourth-order valence-electron chi connectivity index (χ4n) is 3.91. The van der Waals surface area contributed by atoms with Crippen molar-refractivity contribution in [2.45, 2.75) is 49.0 Å². The molecule has 216 valence electrons. The van der Waals surface area contributed by atoms with E-state index in [-0.39, 0.29) is 23.1 Å². The third-order valence-corrected chi connectivity index (χ3v) is 8.35. The molecule has 3 rings (SSSR count). The number of carbonyl (C=O) groups excluding carboxylic acids is 2. The summed E-state index contributed by atoms with van der Waals surface area (Å²) in [7, 11) is 1.87. The molecule has 39 heavy (non-hydrogen) atoms. The number of carboxylic acid groups (broad SMARTS) is 1. The van der Waals surface area contributed by atoms with Gasteiger partial charge in [-0.15, -0.1) is 11.8 Å². The first-order valence-corrected chi connectivity index (χ1v) is 14.8. The highest BCUT2D eigenvalue weighted by atomic mass is 32.2. The summed E-state index contributed by atoms with van der Waals surface area (Å²) in [5.41, 5.74) is -0.0810. The number of thioether (sulfide) groups is 1. The summed E-state index contributed by atoms with van der Waals surface area (Å²) < 4.78 is 6.81. The van der Waals surface area contributed by atoms with E-state index in [2.05, 4.69) is 51.6 Å². The lowest BCUT2D eigenvalue weighted by Gasteiger charge is -2.30. The van der Waals surface area contributed by atoms with Crippen LogP contribution in [-0.4, -0.2) is 95.6 Å². The Hall–Kier alpha value is -2.68. The molecule has 2 aromatic rings. The average molecular weight is 582 g/mol. The van der Waals surface area contributed by atoms with Gasteiger partial charge in [0.2, 0.25) is 17.7 Å². The molecule has 12 nitrogen and oxygen atoms in total. The molecule has 3 amide bonds. The maximum absolute atomic E-state index is 12.8. The van der Waals surface area contributed by atoms with Gasteiger partial charge in [-0.05, 0) is 33.0 Å². The third-order valence-electron chi connectivity index (χ3n) is 6.26. The number of aromatic nitrogens is 2. The molecule has 14 heteroatoms. The van der Waals surface area contributed by atoms with E-state index < -0.39 is 6.09 Å². The summed E-state index contributed by atoms with van der Waals surface area (Å²) in [6, 6.07) is 0. The number of likely N-dealkylation sites (N-methyl/N-ethyl adjacent to an activating group) is 1. The van der Waals surface area contributed by atoms with Crippen molar-refractivity contribution in [2.24, 2.45) is 5.92 Å². The molecular formula is C25H39N7O5S2. The Labute approximate surface area is 237 Å². The predicted molar refractivity (Wildman–Crippen MR) is 151 cm³/mol. The molecule has 4 N–H and O–H groups in total. The van der Waals surface area contributed by atoms with Crippen molar-refractivity contribution in [3.05, 3.63) is 24.0 Å². The first kappa shape index (κ1) is 30.9. The summed E-state index contributed by atoms with van der Waals surface area (Å²) in [5.74, 6) is 1.92. The molecule has 3 heterocycles. The molecule has 0 aliphatic carbocycles. The van der Waals surface area contributed by atoms with E-state index in [1.807, 2.05) is 11.9 Å². The van der Waals surface area contributed by atoms with Crippen LogP contribution in [0.4, 0.5) is 9.93 Å². The minimum atomic E-state index is -1.04. The summed E-state index contributed by atoms with van der Waals surface area (Å²) in [6.07, 6.45) is 3.86. The van der Waals surface area contributed by atoms with Gasteiger partial charge < -0.3 is 30.4 Å². The highest BCUT2D eigenvalue weighted by Gasteiger charge is 2.26. The highest BCUT2D eigenvalue weighted by molar-refractivity contribution is 8.00. The van der Waals surface area contributed by atoms with Gasteiger partial charge in [0.15, 0.2) is 5.13 Å². The zero-order valence-corrected chi connectivity index (χ0v) is 24.6. The number of hydrogen-bond donors (Lipinski definition) is 4. The van der Waals surface area contributed by atoms with Gasteiger partial charge in [0.1, 0.15) is 5.76 Å². The monoisotopic (exact) mass is 581 g/mol. The first-order chi connectivity index (χ1) is 18.5. The van der Waals surface area contributed by atoms with Crippen molar-refractivity contribution in [1.29, 1.82) is 0 Å². The van der Waals surface area contributed by atoms with Gasteiger partial charge in [-0.2, -0.15) is 0 Å². The van der Waals surface area contributed by atoms with Crippen LogP contribution >= 0.6 is 23.1 Å². The maximum Gasteiger partial charge on any atom is 0.404 e. The topological polar surface area (TPSA) is 153 Å². The highest BCUT2D eigenvalue weighted by Crippen LogP contribution is 2.32. The molecule has 0 unspecified atom stereocenters. The molecule has 1 fully saturated rings. The summed E-state index contributed by atoms with van der Waals surface area (Å²) in [5, 5.41) is 17.3. The number of oxazole rings is 1. The third kappa shape index (κ3) is 10.8. The number of piperidine rings is 1. The number of nitrogens with one attached hydrogen (secondary N) is 3. The average Bonchev–Trinajstić information content (AvgIpc) is 3.52. The molecule has 0 bridgehead atoms. The van der Waals surface area contributed by atoms with E-state index in [1.54, 1.807) is 24.2 Å². The van der Waals surface area contributed by atoms with Gasteiger partial charge in [0.05, 0.1) is 28.9 Å². The van der Waals surface area contributed by atoms with Gasteiger partial charge in [0.25, 0.3) is 0 Å². The molecule has 0 radical (unpaired) electrons. The van der Waals surface area contributed by atoms with Gasteiger partial charge in [0, 0.05) is 37.5 Å². The van der Waals surface area contributed by atoms with Gasteiger partial charge >= 0.3 is 6.09 Å². The van der Waals surface area contributed by atoms with Crippen molar-refractivity contribution in [1.82, 2.24) is 30.4 Å². The van der Waals surface area contributed by atoms with Gasteiger partial charge in [-0.25, -0.2) is 14.8 Å². The second-order valence-corrected chi connectivity index (χ2v) is 12.9. The van der Waals surface area contributed by atoms with E-state index in [4.69, 9.17) is 9.52 Å².